The molecule has 1 unspecified atom stereocenters. The van der Waals surface area contributed by atoms with Gasteiger partial charge in [0.1, 0.15) is 11.9 Å². The molecule has 32 heavy (non-hydrogen) atoms. The van der Waals surface area contributed by atoms with Crippen molar-refractivity contribution in [2.24, 2.45) is 5.73 Å². The molecule has 0 heterocycles. The Balaban J connectivity index is 1.67. The van der Waals surface area contributed by atoms with E-state index in [0.717, 1.165) is 36.8 Å². The van der Waals surface area contributed by atoms with Gasteiger partial charge in [0, 0.05) is 12.6 Å². The van der Waals surface area contributed by atoms with Gasteiger partial charge in [-0.2, -0.15) is 4.31 Å². The van der Waals surface area contributed by atoms with E-state index in [2.05, 4.69) is 0 Å². The number of nitrogens with two attached hydrogens (primary N) is 1. The van der Waals surface area contributed by atoms with Crippen LogP contribution in [0.2, 0.25) is 0 Å². The molecule has 0 aliphatic heterocycles. The van der Waals surface area contributed by atoms with Crippen molar-refractivity contribution in [3.63, 3.8) is 0 Å². The van der Waals surface area contributed by atoms with Crippen LogP contribution in [0.15, 0.2) is 48.5 Å². The van der Waals surface area contributed by atoms with Gasteiger partial charge in [0.15, 0.2) is 0 Å². The smallest absolute Gasteiger partial charge is 0.239 e. The first-order chi connectivity index (χ1) is 15.1. The van der Waals surface area contributed by atoms with Crippen molar-refractivity contribution in [2.45, 2.75) is 50.2 Å². The summed E-state index contributed by atoms with van der Waals surface area (Å²) >= 11 is 0. The third-order valence-electron chi connectivity index (χ3n) is 6.29. The fourth-order valence-corrected chi connectivity index (χ4v) is 5.79. The van der Waals surface area contributed by atoms with Crippen molar-refractivity contribution < 1.29 is 17.6 Å². The molecule has 8 heteroatoms. The van der Waals surface area contributed by atoms with Gasteiger partial charge in [0.2, 0.25) is 15.9 Å². The van der Waals surface area contributed by atoms with Crippen molar-refractivity contribution >= 4 is 15.9 Å². The van der Waals surface area contributed by atoms with Crippen molar-refractivity contribution in [1.29, 1.82) is 0 Å². The lowest BCUT2D eigenvalue weighted by Gasteiger charge is -2.35. The average Bonchev–Trinajstić information content (AvgIpc) is 2.73. The quantitative estimate of drug-likeness (QED) is 0.653. The number of halogens is 1. The Labute approximate surface area is 190 Å². The van der Waals surface area contributed by atoms with Crippen LogP contribution in [0.3, 0.4) is 0 Å². The maximum atomic E-state index is 13.2. The summed E-state index contributed by atoms with van der Waals surface area (Å²) in [5, 5.41) is 0. The van der Waals surface area contributed by atoms with E-state index in [1.54, 1.807) is 21.3 Å². The van der Waals surface area contributed by atoms with Gasteiger partial charge < -0.3 is 5.73 Å². The second-order valence-electron chi connectivity index (χ2n) is 8.88. The molecule has 174 valence electrons. The van der Waals surface area contributed by atoms with Crippen LogP contribution in [0.1, 0.15) is 54.3 Å². The molecule has 0 radical (unpaired) electrons. The molecule has 6 nitrogen and oxygen atoms in total. The zero-order chi connectivity index (χ0) is 23.5. The molecule has 0 aromatic heterocycles. The standard InChI is InChI=1S/C24H32FN3O3S/c1-27(2)23(24(26)29)20-8-6-18(7-9-20)19-10-14-22(15-11-19)28(32(3,30)31)16-17-4-12-21(25)13-5-17/h4-9,12-13,19,22-23H,10-11,14-16H2,1-3H3,(H2,26,29). The Hall–Kier alpha value is -2.29. The number of hydrogen-bond acceptors (Lipinski definition) is 4. The number of amides is 1. The monoisotopic (exact) mass is 461 g/mol. The summed E-state index contributed by atoms with van der Waals surface area (Å²) in [5.74, 6) is -0.372. The predicted molar refractivity (Wildman–Crippen MR) is 124 cm³/mol. The topological polar surface area (TPSA) is 83.7 Å². The van der Waals surface area contributed by atoms with E-state index in [1.165, 1.54) is 24.0 Å². The zero-order valence-electron chi connectivity index (χ0n) is 18.9. The first kappa shape index (κ1) is 24.4. The van der Waals surface area contributed by atoms with Crippen LogP contribution in [0, 0.1) is 5.82 Å². The molecule has 1 aliphatic rings. The van der Waals surface area contributed by atoms with E-state index in [4.69, 9.17) is 5.73 Å². The summed E-state index contributed by atoms with van der Waals surface area (Å²) in [7, 11) is 0.252. The third-order valence-corrected chi connectivity index (χ3v) is 7.57. The van der Waals surface area contributed by atoms with Gasteiger partial charge in [-0.15, -0.1) is 0 Å². The van der Waals surface area contributed by atoms with Crippen molar-refractivity contribution in [3.05, 3.63) is 71.0 Å². The van der Waals surface area contributed by atoms with Gasteiger partial charge in [-0.3, -0.25) is 9.69 Å². The summed E-state index contributed by atoms with van der Waals surface area (Å²) in [6.45, 7) is 0.252. The zero-order valence-corrected chi connectivity index (χ0v) is 19.7. The number of hydrogen-bond donors (Lipinski definition) is 1. The molecule has 2 N–H and O–H groups in total. The van der Waals surface area contributed by atoms with Crippen molar-refractivity contribution in [1.82, 2.24) is 9.21 Å². The molecule has 1 amide bonds. The first-order valence-electron chi connectivity index (χ1n) is 10.8. The molecule has 3 rings (SSSR count). The molecule has 0 bridgehead atoms. The Bertz CT molecular complexity index is 1020. The van der Waals surface area contributed by atoms with Crippen LogP contribution >= 0.6 is 0 Å². The fourth-order valence-electron chi connectivity index (χ4n) is 4.65. The van der Waals surface area contributed by atoms with Gasteiger partial charge in [0.25, 0.3) is 0 Å². The van der Waals surface area contributed by atoms with Crippen LogP contribution < -0.4 is 5.73 Å². The fraction of sp³-hybridized carbons (Fsp3) is 0.458. The number of carbonyl (C=O) groups excluding carboxylic acids is 1. The minimum absolute atomic E-state index is 0.0708. The molecule has 1 saturated carbocycles. The van der Waals surface area contributed by atoms with Crippen molar-refractivity contribution in [3.8, 4) is 0 Å². The van der Waals surface area contributed by atoms with E-state index in [1.807, 2.05) is 38.4 Å². The van der Waals surface area contributed by atoms with Crippen LogP contribution in [0.4, 0.5) is 4.39 Å². The van der Waals surface area contributed by atoms with E-state index in [9.17, 15) is 17.6 Å². The van der Waals surface area contributed by atoms with Gasteiger partial charge in [-0.05, 0) is 74.5 Å². The molecule has 0 saturated heterocycles. The Kier molecular flexibility index (Phi) is 7.69. The molecule has 2 aromatic rings. The Morgan fingerprint density at radius 1 is 1.03 bits per heavy atom. The van der Waals surface area contributed by atoms with Crippen LogP contribution in [-0.2, 0) is 21.4 Å². The molecule has 1 atom stereocenters. The number of sulfonamides is 1. The first-order valence-corrected chi connectivity index (χ1v) is 12.7. The second-order valence-corrected chi connectivity index (χ2v) is 10.8. The molecule has 1 fully saturated rings. The highest BCUT2D eigenvalue weighted by Crippen LogP contribution is 2.36. The summed E-state index contributed by atoms with van der Waals surface area (Å²) in [4.78, 5) is 13.6. The number of likely N-dealkylation sites (N-methyl/N-ethyl adjacent to an activating group) is 1. The van der Waals surface area contributed by atoms with Crippen LogP contribution in [0.5, 0.6) is 0 Å². The minimum atomic E-state index is -3.40. The number of carbonyl (C=O) groups is 1. The van der Waals surface area contributed by atoms with E-state index < -0.39 is 16.1 Å². The maximum Gasteiger partial charge on any atom is 0.239 e. The van der Waals surface area contributed by atoms with Crippen LogP contribution in [0.25, 0.3) is 0 Å². The minimum Gasteiger partial charge on any atom is -0.368 e. The summed E-state index contributed by atoms with van der Waals surface area (Å²) in [6.07, 6.45) is 4.53. The van der Waals surface area contributed by atoms with Crippen LogP contribution in [-0.4, -0.2) is 49.9 Å². The molecule has 1 aliphatic carbocycles. The van der Waals surface area contributed by atoms with E-state index in [0.29, 0.717) is 5.92 Å². The normalized spacial score (nSPS) is 20.4. The number of primary amides is 1. The molecular weight excluding hydrogens is 429 g/mol. The Morgan fingerprint density at radius 3 is 2.06 bits per heavy atom. The van der Waals surface area contributed by atoms with Crippen molar-refractivity contribution in [2.75, 3.05) is 20.4 Å². The summed E-state index contributed by atoms with van der Waals surface area (Å²) in [6, 6.07) is 13.4. The SMILES string of the molecule is CN(C)C(C(N)=O)c1ccc(C2CCC(N(Cc3ccc(F)cc3)S(C)(=O)=O)CC2)cc1. The molecule has 2 aromatic carbocycles. The highest BCUT2D eigenvalue weighted by molar-refractivity contribution is 7.88. The lowest BCUT2D eigenvalue weighted by Crippen LogP contribution is -2.41. The lowest BCUT2D eigenvalue weighted by molar-refractivity contribution is -0.122. The largest absolute Gasteiger partial charge is 0.368 e. The lowest BCUT2D eigenvalue weighted by atomic mass is 9.81. The number of benzene rings is 2. The Morgan fingerprint density at radius 2 is 1.59 bits per heavy atom. The van der Waals surface area contributed by atoms with E-state index >= 15 is 0 Å². The summed E-state index contributed by atoms with van der Waals surface area (Å²) in [5.41, 5.74) is 8.37. The highest BCUT2D eigenvalue weighted by Gasteiger charge is 2.31. The van der Waals surface area contributed by atoms with Gasteiger partial charge >= 0.3 is 0 Å². The third kappa shape index (κ3) is 5.94. The van der Waals surface area contributed by atoms with Gasteiger partial charge in [0.05, 0.1) is 6.26 Å². The number of rotatable bonds is 8. The molecular formula is C24H32FN3O3S. The highest BCUT2D eigenvalue weighted by atomic mass is 32.2. The average molecular weight is 462 g/mol. The maximum absolute atomic E-state index is 13.2. The van der Waals surface area contributed by atoms with Gasteiger partial charge in [-0.25, -0.2) is 12.8 Å². The van der Waals surface area contributed by atoms with Gasteiger partial charge in [-0.1, -0.05) is 36.4 Å². The predicted octanol–water partition coefficient (Wildman–Crippen LogP) is 3.40. The second kappa shape index (κ2) is 10.1. The summed E-state index contributed by atoms with van der Waals surface area (Å²) < 4.78 is 39.7. The number of nitrogens with zero attached hydrogens (tertiary/aromatic N) is 2. The molecule has 0 spiro atoms. The van der Waals surface area contributed by atoms with E-state index in [-0.39, 0.29) is 24.3 Å².